The predicted octanol–water partition coefficient (Wildman–Crippen LogP) is 5.46. The molecule has 1 aromatic heterocycles. The lowest BCUT2D eigenvalue weighted by molar-refractivity contribution is -0.131. The highest BCUT2D eigenvalue weighted by Gasteiger charge is 2.48. The minimum Gasteiger partial charge on any atom is -0.354 e. The zero-order chi connectivity index (χ0) is 26.8. The molecule has 2 aliphatic rings. The molecule has 0 spiro atoms. The molecule has 2 amide bonds. The number of halogens is 2. The van der Waals surface area contributed by atoms with Gasteiger partial charge < -0.3 is 16.4 Å². The lowest BCUT2D eigenvalue weighted by Gasteiger charge is -2.43. The van der Waals surface area contributed by atoms with E-state index < -0.39 is 16.9 Å². The van der Waals surface area contributed by atoms with Gasteiger partial charge in [0.05, 0.1) is 6.04 Å². The van der Waals surface area contributed by atoms with Gasteiger partial charge in [-0.2, -0.15) is 0 Å². The molecular weight excluding hydrogens is 491 g/mol. The summed E-state index contributed by atoms with van der Waals surface area (Å²) in [4.78, 5) is 30.7. The summed E-state index contributed by atoms with van der Waals surface area (Å²) in [7, 11) is 0. The van der Waals surface area contributed by atoms with E-state index in [-0.39, 0.29) is 23.5 Å². The van der Waals surface area contributed by atoms with Crippen molar-refractivity contribution in [2.45, 2.75) is 70.8 Å². The fraction of sp³-hybridized carbons (Fsp3) is 0.552. The van der Waals surface area contributed by atoms with Gasteiger partial charge in [-0.05, 0) is 86.1 Å². The van der Waals surface area contributed by atoms with Gasteiger partial charge in [-0.3, -0.25) is 14.6 Å². The first-order valence-corrected chi connectivity index (χ1v) is 13.6. The second-order valence-electron chi connectivity index (χ2n) is 11.8. The summed E-state index contributed by atoms with van der Waals surface area (Å²) < 4.78 is 14.6. The molecule has 4 atom stereocenters. The van der Waals surface area contributed by atoms with Gasteiger partial charge in [0.1, 0.15) is 5.82 Å². The molecule has 0 aliphatic heterocycles. The first-order valence-electron chi connectivity index (χ1n) is 13.2. The Labute approximate surface area is 223 Å². The van der Waals surface area contributed by atoms with Crippen molar-refractivity contribution < 1.29 is 14.0 Å². The van der Waals surface area contributed by atoms with Crippen LogP contribution in [0.4, 0.5) is 10.1 Å². The van der Waals surface area contributed by atoms with Crippen molar-refractivity contribution >= 4 is 29.1 Å². The number of nitrogens with one attached hydrogen (secondary N) is 2. The van der Waals surface area contributed by atoms with Crippen LogP contribution in [0.25, 0.3) is 0 Å². The van der Waals surface area contributed by atoms with E-state index in [1.165, 1.54) is 6.07 Å². The van der Waals surface area contributed by atoms with Gasteiger partial charge in [0.25, 0.3) is 0 Å². The highest BCUT2D eigenvalue weighted by Crippen LogP contribution is 2.49. The Morgan fingerprint density at radius 1 is 1.19 bits per heavy atom. The predicted molar refractivity (Wildman–Crippen MR) is 145 cm³/mol. The minimum atomic E-state index is -0.742. The van der Waals surface area contributed by atoms with E-state index in [9.17, 15) is 14.0 Å². The maximum absolute atomic E-state index is 14.6. The number of anilines is 1. The zero-order valence-corrected chi connectivity index (χ0v) is 22.7. The molecule has 8 heteroatoms. The van der Waals surface area contributed by atoms with Crippen LogP contribution in [-0.4, -0.2) is 29.4 Å². The Balaban J connectivity index is 1.44. The third kappa shape index (κ3) is 6.50. The Morgan fingerprint density at radius 2 is 1.89 bits per heavy atom. The first kappa shape index (κ1) is 27.5. The van der Waals surface area contributed by atoms with Crippen LogP contribution in [0, 0.1) is 29.0 Å². The van der Waals surface area contributed by atoms with Crippen molar-refractivity contribution in [3.05, 3.63) is 59.1 Å². The molecule has 4 unspecified atom stereocenters. The molecular formula is C29H38ClFN4O2. The number of hydrogen-bond acceptors (Lipinski definition) is 4. The topological polar surface area (TPSA) is 97.1 Å². The van der Waals surface area contributed by atoms with Crippen LogP contribution in [0.2, 0.25) is 5.02 Å². The number of amides is 2. The van der Waals surface area contributed by atoms with Crippen molar-refractivity contribution in [1.82, 2.24) is 10.3 Å². The van der Waals surface area contributed by atoms with Crippen molar-refractivity contribution in [3.8, 4) is 0 Å². The van der Waals surface area contributed by atoms with Gasteiger partial charge in [0.2, 0.25) is 11.8 Å². The molecule has 200 valence electrons. The molecule has 6 nitrogen and oxygen atoms in total. The van der Waals surface area contributed by atoms with Gasteiger partial charge in [0, 0.05) is 40.5 Å². The number of benzene rings is 1. The fourth-order valence-electron chi connectivity index (χ4n) is 6.12. The van der Waals surface area contributed by atoms with Crippen LogP contribution >= 0.6 is 11.6 Å². The summed E-state index contributed by atoms with van der Waals surface area (Å²) in [5, 5.41) is 6.39. The van der Waals surface area contributed by atoms with Crippen molar-refractivity contribution in [2.24, 2.45) is 28.9 Å². The fourth-order valence-corrected chi connectivity index (χ4v) is 6.28. The maximum atomic E-state index is 14.6. The van der Waals surface area contributed by atoms with Gasteiger partial charge >= 0.3 is 0 Å². The lowest BCUT2D eigenvalue weighted by atomic mass is 9.62. The maximum Gasteiger partial charge on any atom is 0.237 e. The Bertz CT molecular complexity index is 1120. The minimum absolute atomic E-state index is 0.0556. The summed E-state index contributed by atoms with van der Waals surface area (Å²) >= 11 is 5.92. The van der Waals surface area contributed by atoms with Gasteiger partial charge in [-0.25, -0.2) is 4.39 Å². The molecule has 2 aliphatic carbocycles. The molecule has 2 saturated carbocycles. The van der Waals surface area contributed by atoms with Crippen LogP contribution in [0.1, 0.15) is 64.9 Å². The normalized spacial score (nSPS) is 25.4. The number of pyridine rings is 1. The number of rotatable bonds is 9. The standard InChI is InChI=1S/C29H38ClFN4O2/c1-18(2)12-19-13-20(16-28(3,15-19)27(37)35-22-6-10-33-11-7-22)25(32)26(36)34-17-29(8-9-29)23-5-4-21(30)14-24(23)31/h4-7,10-11,14,18-20,25H,8-9,12-13,15-17,32H2,1-3H3,(H,34,36)(H,33,35,37). The van der Waals surface area contributed by atoms with E-state index in [1.807, 2.05) is 6.92 Å². The molecule has 37 heavy (non-hydrogen) atoms. The summed E-state index contributed by atoms with van der Waals surface area (Å²) in [6.07, 6.45) is 7.96. The van der Waals surface area contributed by atoms with Crippen molar-refractivity contribution in [1.29, 1.82) is 0 Å². The highest BCUT2D eigenvalue weighted by atomic mass is 35.5. The Morgan fingerprint density at radius 3 is 2.51 bits per heavy atom. The van der Waals surface area contributed by atoms with Crippen LogP contribution in [0.15, 0.2) is 42.7 Å². The third-order valence-corrected chi connectivity index (χ3v) is 8.38. The first-order chi connectivity index (χ1) is 17.5. The van der Waals surface area contributed by atoms with Crippen molar-refractivity contribution in [3.63, 3.8) is 0 Å². The number of aromatic nitrogens is 1. The molecule has 1 aromatic carbocycles. The molecule has 4 rings (SSSR count). The second-order valence-corrected chi connectivity index (χ2v) is 12.2. The SMILES string of the molecule is CC(C)CC1CC(C(N)C(=O)NCC2(c3ccc(Cl)cc3F)CC2)CC(C)(C(=O)Nc2ccncc2)C1. The lowest BCUT2D eigenvalue weighted by Crippen LogP contribution is -2.52. The van der Waals surface area contributed by atoms with E-state index >= 15 is 0 Å². The van der Waals surface area contributed by atoms with Gasteiger partial charge in [-0.1, -0.05) is 38.4 Å². The monoisotopic (exact) mass is 528 g/mol. The summed E-state index contributed by atoms with van der Waals surface area (Å²) in [6.45, 7) is 6.67. The Kier molecular flexibility index (Phi) is 8.24. The third-order valence-electron chi connectivity index (χ3n) is 8.15. The van der Waals surface area contributed by atoms with Crippen LogP contribution < -0.4 is 16.4 Å². The highest BCUT2D eigenvalue weighted by molar-refractivity contribution is 6.30. The molecule has 0 radical (unpaired) electrons. The van der Waals surface area contributed by atoms with E-state index in [4.69, 9.17) is 17.3 Å². The number of carbonyl (C=O) groups is 2. The number of nitrogens with zero attached hydrogens (tertiary/aromatic N) is 1. The quantitative estimate of drug-likeness (QED) is 0.403. The van der Waals surface area contributed by atoms with Crippen LogP contribution in [0.3, 0.4) is 0 Å². The van der Waals surface area contributed by atoms with Crippen LogP contribution in [-0.2, 0) is 15.0 Å². The molecule has 2 fully saturated rings. The van der Waals surface area contributed by atoms with Gasteiger partial charge in [0.15, 0.2) is 0 Å². The van der Waals surface area contributed by atoms with E-state index in [0.29, 0.717) is 41.1 Å². The average Bonchev–Trinajstić information content (AvgIpc) is 3.62. The largest absolute Gasteiger partial charge is 0.354 e. The molecule has 0 bridgehead atoms. The summed E-state index contributed by atoms with van der Waals surface area (Å²) in [5.41, 5.74) is 6.79. The smallest absolute Gasteiger partial charge is 0.237 e. The Hall–Kier alpha value is -2.51. The average molecular weight is 529 g/mol. The van der Waals surface area contributed by atoms with E-state index in [0.717, 1.165) is 32.1 Å². The number of hydrogen-bond donors (Lipinski definition) is 3. The van der Waals surface area contributed by atoms with Crippen LogP contribution in [0.5, 0.6) is 0 Å². The van der Waals surface area contributed by atoms with Gasteiger partial charge in [-0.15, -0.1) is 0 Å². The van der Waals surface area contributed by atoms with E-state index in [1.54, 1.807) is 36.7 Å². The number of nitrogens with two attached hydrogens (primary N) is 1. The van der Waals surface area contributed by atoms with Crippen molar-refractivity contribution in [2.75, 3.05) is 11.9 Å². The molecule has 0 saturated heterocycles. The summed E-state index contributed by atoms with van der Waals surface area (Å²) in [5.74, 6) is -0.00174. The molecule has 4 N–H and O–H groups in total. The second kappa shape index (κ2) is 11.1. The molecule has 2 aromatic rings. The molecule has 1 heterocycles. The van der Waals surface area contributed by atoms with E-state index in [2.05, 4.69) is 29.5 Å². The zero-order valence-electron chi connectivity index (χ0n) is 21.9. The summed E-state index contributed by atoms with van der Waals surface area (Å²) in [6, 6.07) is 7.50. The number of carbonyl (C=O) groups excluding carboxylic acids is 2.